The molecule has 0 aromatic heterocycles. The van der Waals surface area contributed by atoms with Crippen LogP contribution in [0.4, 0.5) is 0 Å². The minimum atomic E-state index is 0.0924. The van der Waals surface area contributed by atoms with E-state index in [1.54, 1.807) is 0 Å². The predicted octanol–water partition coefficient (Wildman–Crippen LogP) is 21.4. The topological polar surface area (TPSA) is 9.23 Å². The van der Waals surface area contributed by atoms with Crippen molar-refractivity contribution in [2.75, 3.05) is 7.11 Å². The van der Waals surface area contributed by atoms with E-state index in [4.69, 9.17) is 4.74 Å². The summed E-state index contributed by atoms with van der Waals surface area (Å²) in [7, 11) is 1.96. The van der Waals surface area contributed by atoms with Gasteiger partial charge in [0.05, 0.1) is 0 Å². The maximum atomic E-state index is 6.47. The van der Waals surface area contributed by atoms with E-state index in [2.05, 4.69) is 238 Å². The van der Waals surface area contributed by atoms with Gasteiger partial charge in [-0.05, 0) is 0 Å². The molecule has 75 heavy (non-hydrogen) atoms. The van der Waals surface area contributed by atoms with E-state index < -0.39 is 0 Å². The molecule has 0 N–H and O–H groups in total. The molecule has 1 saturated carbocycles. The second-order valence-electron chi connectivity index (χ2n) is 24.5. The van der Waals surface area contributed by atoms with E-state index in [1.165, 1.54) is 135 Å². The monoisotopic (exact) mass is 1060 g/mol. The zero-order chi connectivity index (χ0) is 54.0. The van der Waals surface area contributed by atoms with Gasteiger partial charge in [-0.25, -0.2) is 0 Å². The Kier molecular flexibility index (Phi) is 18.1. The Balaban J connectivity index is 1.53. The van der Waals surface area contributed by atoms with Crippen LogP contribution in [0.2, 0.25) is 4.82 Å². The second-order valence-corrected chi connectivity index (χ2v) is 27.1. The van der Waals surface area contributed by atoms with Crippen LogP contribution < -0.4 is 4.46 Å². The summed E-state index contributed by atoms with van der Waals surface area (Å²) < 4.78 is 7.97. The number of methoxy groups -OCH3 is 1. The Labute approximate surface area is 461 Å². The predicted molar refractivity (Wildman–Crippen MR) is 330 cm³/mol. The van der Waals surface area contributed by atoms with Crippen LogP contribution in [0.3, 0.4) is 0 Å². The number of hydrogen-bond acceptors (Lipinski definition) is 1. The number of hydrogen-bond donors (Lipinski definition) is 0. The zero-order valence-corrected chi connectivity index (χ0v) is 50.8. The van der Waals surface area contributed by atoms with Crippen molar-refractivity contribution < 1.29 is 4.74 Å². The molecule has 1 aliphatic rings. The third kappa shape index (κ3) is 11.8. The van der Waals surface area contributed by atoms with Crippen LogP contribution in [-0.2, 0) is 4.74 Å². The fraction of sp³-hybridized carbons (Fsp3) is 0.425. The zero-order valence-electron chi connectivity index (χ0n) is 49.0. The maximum absolute atomic E-state index is 6.47. The Morgan fingerprint density at radius 1 is 0.333 bits per heavy atom. The van der Waals surface area contributed by atoms with E-state index in [1.807, 2.05) is 7.11 Å². The van der Waals surface area contributed by atoms with Crippen molar-refractivity contribution in [1.29, 1.82) is 0 Å². The molecule has 8 rings (SSSR count). The van der Waals surface area contributed by atoms with Gasteiger partial charge in [0.15, 0.2) is 0 Å². The van der Waals surface area contributed by atoms with Crippen LogP contribution in [0.5, 0.6) is 0 Å². The molecule has 0 aliphatic heterocycles. The Hall–Kier alpha value is -4.98. The van der Waals surface area contributed by atoms with E-state index >= 15 is 0 Å². The number of rotatable bonds is 17. The van der Waals surface area contributed by atoms with Crippen molar-refractivity contribution in [2.24, 2.45) is 0 Å². The molecule has 0 heterocycles. The Morgan fingerprint density at radius 3 is 0.827 bits per heavy atom. The van der Waals surface area contributed by atoms with Crippen LogP contribution in [0.1, 0.15) is 228 Å². The molecule has 2 atom stereocenters. The van der Waals surface area contributed by atoms with E-state index in [0.717, 1.165) is 6.42 Å². The molecule has 0 unspecified atom stereocenters. The van der Waals surface area contributed by atoms with Gasteiger partial charge in [-0.15, -0.1) is 0 Å². The molecular formula is C73H90OSe. The Bertz CT molecular complexity index is 2640. The molecular weight excluding hydrogens is 972 g/mol. The van der Waals surface area contributed by atoms with Crippen molar-refractivity contribution in [3.8, 4) is 66.8 Å². The van der Waals surface area contributed by atoms with Crippen LogP contribution in [-0.4, -0.2) is 28.2 Å². The molecule has 1 nitrogen and oxygen atoms in total. The van der Waals surface area contributed by atoms with Gasteiger partial charge in [-0.2, -0.15) is 0 Å². The van der Waals surface area contributed by atoms with E-state index in [0.29, 0.717) is 52.2 Å². The molecule has 1 aliphatic carbocycles. The minimum absolute atomic E-state index is 0.0924. The van der Waals surface area contributed by atoms with Gasteiger partial charge < -0.3 is 0 Å². The number of benzene rings is 7. The normalized spacial score (nSPS) is 15.3. The summed E-state index contributed by atoms with van der Waals surface area (Å²) in [5, 5.41) is 0. The van der Waals surface area contributed by atoms with Crippen LogP contribution >= 0.6 is 0 Å². The summed E-state index contributed by atoms with van der Waals surface area (Å²) in [5.41, 5.74) is 27.6. The third-order valence-electron chi connectivity index (χ3n) is 16.4. The fourth-order valence-electron chi connectivity index (χ4n) is 12.4. The summed E-state index contributed by atoms with van der Waals surface area (Å²) in [6.07, 6.45) is 5.06. The Morgan fingerprint density at radius 2 is 0.573 bits per heavy atom. The molecule has 7 aromatic rings. The molecule has 0 amide bonds. The molecule has 7 aromatic carbocycles. The van der Waals surface area contributed by atoms with Crippen molar-refractivity contribution >= 4 is 19.4 Å². The molecule has 0 spiro atoms. The molecule has 0 radical (unpaired) electrons. The summed E-state index contributed by atoms with van der Waals surface area (Å²) in [6, 6.07) is 51.1. The second kappa shape index (κ2) is 24.1. The first-order valence-electron chi connectivity index (χ1n) is 29.0. The molecule has 394 valence electrons. The summed E-state index contributed by atoms with van der Waals surface area (Å²) >= 11 is 0.0924. The van der Waals surface area contributed by atoms with Gasteiger partial charge in [0.25, 0.3) is 0 Å². The molecule has 0 bridgehead atoms. The number of ether oxygens (including phenoxy) is 1. The van der Waals surface area contributed by atoms with Crippen LogP contribution in [0.15, 0.2) is 127 Å². The van der Waals surface area contributed by atoms with Gasteiger partial charge in [0, 0.05) is 0 Å². The average molecular weight is 1060 g/mol. The fourth-order valence-corrected chi connectivity index (χ4v) is 15.8. The van der Waals surface area contributed by atoms with E-state index in [-0.39, 0.29) is 21.1 Å². The standard InChI is InChI=1S/C73H90OSe/c1-43(2)57-25-20-26-58(44(3)4)69(57)53-37-51(38-54(41-53)70-59(45(5)6)27-21-28-60(70)46(7)8)65-33-24-34-66(73(65)75-68-36-19-18-35-67(68)74-17)52-39-55(71-61(47(9)10)29-22-30-62(71)48(11)12)42-56(40-52)72-63(49(13)14)31-23-32-64(72)50(15)16/h20-34,37-50,67-68H,18-19,35-36H2,1-17H3/t67-,68-/m1/s1. The molecule has 0 saturated heterocycles. The van der Waals surface area contributed by atoms with Gasteiger partial charge in [-0.1, -0.05) is 0 Å². The van der Waals surface area contributed by atoms with E-state index in [9.17, 15) is 0 Å². The molecule has 1 fully saturated rings. The summed E-state index contributed by atoms with van der Waals surface area (Å²) in [4.78, 5) is 0.466. The average Bonchev–Trinajstić information content (AvgIpc) is 3.39. The van der Waals surface area contributed by atoms with Crippen molar-refractivity contribution in [3.63, 3.8) is 0 Å². The summed E-state index contributed by atoms with van der Waals surface area (Å²) in [5.74, 6) is 2.96. The van der Waals surface area contributed by atoms with Crippen molar-refractivity contribution in [2.45, 2.75) is 195 Å². The van der Waals surface area contributed by atoms with Gasteiger partial charge in [-0.3, -0.25) is 0 Å². The first-order chi connectivity index (χ1) is 35.8. The van der Waals surface area contributed by atoms with Crippen molar-refractivity contribution in [3.05, 3.63) is 172 Å². The third-order valence-corrected chi connectivity index (χ3v) is 19.5. The molecule has 2 heteroatoms. The van der Waals surface area contributed by atoms with Crippen molar-refractivity contribution in [1.82, 2.24) is 0 Å². The SMILES string of the molecule is CO[C@@H]1CCCC[C@H]1[Se]c1c(-c2cc(-c3c(C(C)C)cccc3C(C)C)cc(-c3c(C(C)C)cccc3C(C)C)c2)cccc1-c1cc(-c2c(C(C)C)cccc2C(C)C)cc(-c2c(C(C)C)cccc2C(C)C)c1. The van der Waals surface area contributed by atoms with Gasteiger partial charge in [0.2, 0.25) is 0 Å². The first kappa shape index (κ1) is 56.2. The summed E-state index contributed by atoms with van der Waals surface area (Å²) in [6.45, 7) is 37.9. The van der Waals surface area contributed by atoms with Crippen LogP contribution in [0, 0.1) is 0 Å². The van der Waals surface area contributed by atoms with Gasteiger partial charge in [0.1, 0.15) is 0 Å². The van der Waals surface area contributed by atoms with Crippen LogP contribution in [0.25, 0.3) is 66.8 Å². The van der Waals surface area contributed by atoms with Gasteiger partial charge >= 0.3 is 465 Å². The quantitative estimate of drug-likeness (QED) is 0.0826. The first-order valence-corrected chi connectivity index (χ1v) is 30.8.